The fraction of sp³-hybridized carbons (Fsp3) is 0.0667. The number of ether oxygens (including phenoxy) is 1. The molecule has 1 N–H and O–H groups in total. The minimum Gasteiger partial charge on any atom is -0.486 e. The molecule has 0 aliphatic rings. The van der Waals surface area contributed by atoms with Crippen molar-refractivity contribution in [2.75, 3.05) is 0 Å². The Morgan fingerprint density at radius 3 is 2.43 bits per heavy atom. The van der Waals surface area contributed by atoms with Crippen molar-refractivity contribution in [2.24, 2.45) is 0 Å². The van der Waals surface area contributed by atoms with Gasteiger partial charge in [0, 0.05) is 10.6 Å². The molecule has 0 saturated heterocycles. The highest BCUT2D eigenvalue weighted by Crippen LogP contribution is 2.18. The summed E-state index contributed by atoms with van der Waals surface area (Å²) in [6.07, 6.45) is 0. The van der Waals surface area contributed by atoms with Crippen LogP contribution in [0, 0.1) is 0 Å². The van der Waals surface area contributed by atoms with E-state index in [0.717, 1.165) is 11.3 Å². The summed E-state index contributed by atoms with van der Waals surface area (Å²) in [5, 5.41) is 7.73. The van der Waals surface area contributed by atoms with Gasteiger partial charge in [-0.1, -0.05) is 29.8 Å². The van der Waals surface area contributed by atoms with Crippen molar-refractivity contribution >= 4 is 24.0 Å². The largest absolute Gasteiger partial charge is 0.486 e. The molecule has 3 aromatic rings. The zero-order chi connectivity index (χ0) is 13.8. The third-order valence-corrected chi connectivity index (χ3v) is 3.00. The van der Waals surface area contributed by atoms with Crippen LogP contribution in [0.1, 0.15) is 5.82 Å². The van der Waals surface area contributed by atoms with Crippen LogP contribution in [0.25, 0.3) is 11.4 Å². The zero-order valence-electron chi connectivity index (χ0n) is 11.0. The van der Waals surface area contributed by atoms with E-state index in [1.165, 1.54) is 0 Å². The van der Waals surface area contributed by atoms with Crippen molar-refractivity contribution in [3.8, 4) is 17.1 Å². The summed E-state index contributed by atoms with van der Waals surface area (Å²) in [5.41, 5.74) is 0.914. The summed E-state index contributed by atoms with van der Waals surface area (Å²) in [4.78, 5) is 4.39. The number of rotatable bonds is 4. The summed E-state index contributed by atoms with van der Waals surface area (Å²) < 4.78 is 5.61. The molecule has 2 aromatic carbocycles. The van der Waals surface area contributed by atoms with Gasteiger partial charge in [0.1, 0.15) is 12.4 Å². The number of para-hydroxylation sites is 1. The highest BCUT2D eigenvalue weighted by Gasteiger charge is 2.06. The van der Waals surface area contributed by atoms with Crippen LogP contribution < -0.4 is 4.74 Å². The number of aromatic nitrogens is 3. The van der Waals surface area contributed by atoms with E-state index >= 15 is 0 Å². The van der Waals surface area contributed by atoms with Gasteiger partial charge in [-0.25, -0.2) is 4.98 Å². The molecule has 108 valence electrons. The summed E-state index contributed by atoms with van der Waals surface area (Å²) in [6.45, 7) is 0.352. The van der Waals surface area contributed by atoms with Crippen molar-refractivity contribution in [3.63, 3.8) is 0 Å². The molecule has 1 heterocycles. The van der Waals surface area contributed by atoms with E-state index < -0.39 is 0 Å². The fourth-order valence-corrected chi connectivity index (χ4v) is 1.88. The minimum absolute atomic E-state index is 0. The Morgan fingerprint density at radius 1 is 1.00 bits per heavy atom. The Bertz CT molecular complexity index is 684. The lowest BCUT2D eigenvalue weighted by atomic mass is 10.2. The number of nitrogens with one attached hydrogen (secondary N) is 1. The first kappa shape index (κ1) is 15.4. The second-order valence-corrected chi connectivity index (χ2v) is 4.65. The highest BCUT2D eigenvalue weighted by atomic mass is 35.5. The first-order valence-corrected chi connectivity index (χ1v) is 6.54. The standard InChI is InChI=1S/C15H12ClN3O.ClH/c16-12-8-6-11(7-9-12)15-17-14(18-19-15)10-20-13-4-2-1-3-5-13;/h1-9H,10H2,(H,17,18,19);1H. The summed E-state index contributed by atoms with van der Waals surface area (Å²) in [5.74, 6) is 2.11. The summed E-state index contributed by atoms with van der Waals surface area (Å²) in [6, 6.07) is 17.0. The van der Waals surface area contributed by atoms with Crippen LogP contribution in [0.3, 0.4) is 0 Å². The maximum Gasteiger partial charge on any atom is 0.181 e. The van der Waals surface area contributed by atoms with Gasteiger partial charge < -0.3 is 4.74 Å². The fourth-order valence-electron chi connectivity index (χ4n) is 1.76. The number of hydrogen-bond acceptors (Lipinski definition) is 3. The number of halogens is 2. The SMILES string of the molecule is Cl.Clc1ccc(-c2n[nH]c(COc3ccccc3)n2)cc1. The maximum atomic E-state index is 5.85. The van der Waals surface area contributed by atoms with Crippen molar-refractivity contribution in [1.82, 2.24) is 15.2 Å². The van der Waals surface area contributed by atoms with Crippen molar-refractivity contribution in [3.05, 3.63) is 65.4 Å². The Hall–Kier alpha value is -2.04. The van der Waals surface area contributed by atoms with Crippen LogP contribution in [0.15, 0.2) is 54.6 Å². The number of H-pyrrole nitrogens is 1. The van der Waals surface area contributed by atoms with E-state index in [1.54, 1.807) is 0 Å². The molecular weight excluding hydrogens is 309 g/mol. The van der Waals surface area contributed by atoms with Gasteiger partial charge >= 0.3 is 0 Å². The lowest BCUT2D eigenvalue weighted by molar-refractivity contribution is 0.296. The van der Waals surface area contributed by atoms with Crippen molar-refractivity contribution in [2.45, 2.75) is 6.61 Å². The van der Waals surface area contributed by atoms with E-state index in [-0.39, 0.29) is 12.4 Å². The number of hydrogen-bond donors (Lipinski definition) is 1. The van der Waals surface area contributed by atoms with E-state index in [2.05, 4.69) is 15.2 Å². The lowest BCUT2D eigenvalue weighted by Gasteiger charge is -2.02. The molecule has 4 nitrogen and oxygen atoms in total. The van der Waals surface area contributed by atoms with Crippen LogP contribution in [-0.4, -0.2) is 15.2 Å². The molecule has 1 aromatic heterocycles. The van der Waals surface area contributed by atoms with Gasteiger partial charge in [0.25, 0.3) is 0 Å². The van der Waals surface area contributed by atoms with Crippen molar-refractivity contribution < 1.29 is 4.74 Å². The second kappa shape index (κ2) is 7.11. The van der Waals surface area contributed by atoms with Gasteiger partial charge in [0.2, 0.25) is 0 Å². The Balaban J connectivity index is 0.00000161. The topological polar surface area (TPSA) is 50.8 Å². The molecule has 6 heteroatoms. The highest BCUT2D eigenvalue weighted by molar-refractivity contribution is 6.30. The smallest absolute Gasteiger partial charge is 0.181 e. The first-order valence-electron chi connectivity index (χ1n) is 6.16. The Kier molecular flexibility index (Phi) is 5.20. The molecule has 0 radical (unpaired) electrons. The van der Waals surface area contributed by atoms with Crippen LogP contribution in [-0.2, 0) is 6.61 Å². The number of aromatic amines is 1. The summed E-state index contributed by atoms with van der Waals surface area (Å²) >= 11 is 5.85. The lowest BCUT2D eigenvalue weighted by Crippen LogP contribution is -1.97. The zero-order valence-corrected chi connectivity index (χ0v) is 12.6. The number of nitrogens with zero attached hydrogens (tertiary/aromatic N) is 2. The third-order valence-electron chi connectivity index (χ3n) is 2.75. The van der Waals surface area contributed by atoms with Gasteiger partial charge in [0.05, 0.1) is 0 Å². The molecule has 0 spiro atoms. The monoisotopic (exact) mass is 321 g/mol. The molecule has 0 aliphatic carbocycles. The second-order valence-electron chi connectivity index (χ2n) is 4.21. The Labute approximate surface area is 133 Å². The van der Waals surface area contributed by atoms with E-state index in [9.17, 15) is 0 Å². The van der Waals surface area contributed by atoms with Crippen molar-refractivity contribution in [1.29, 1.82) is 0 Å². The van der Waals surface area contributed by atoms with Gasteiger partial charge in [-0.2, -0.15) is 5.10 Å². The molecule has 21 heavy (non-hydrogen) atoms. The van der Waals surface area contributed by atoms with Crippen LogP contribution in [0.2, 0.25) is 5.02 Å². The van der Waals surface area contributed by atoms with Gasteiger partial charge in [-0.05, 0) is 36.4 Å². The minimum atomic E-state index is 0. The molecule has 0 bridgehead atoms. The van der Waals surface area contributed by atoms with Crippen LogP contribution >= 0.6 is 24.0 Å². The van der Waals surface area contributed by atoms with Gasteiger partial charge in [-0.3, -0.25) is 5.10 Å². The van der Waals surface area contributed by atoms with Crippen LogP contribution in [0.5, 0.6) is 5.75 Å². The maximum absolute atomic E-state index is 5.85. The molecule has 0 unspecified atom stereocenters. The average Bonchev–Trinajstić information content (AvgIpc) is 2.96. The molecule has 3 rings (SSSR count). The Morgan fingerprint density at radius 2 is 1.71 bits per heavy atom. The number of benzene rings is 2. The van der Waals surface area contributed by atoms with E-state index in [4.69, 9.17) is 16.3 Å². The molecule has 0 saturated carbocycles. The molecule has 0 amide bonds. The third kappa shape index (κ3) is 3.97. The van der Waals surface area contributed by atoms with Gasteiger partial charge in [0.15, 0.2) is 11.6 Å². The van der Waals surface area contributed by atoms with E-state index in [1.807, 2.05) is 54.6 Å². The molecular formula is C15H13Cl2N3O. The summed E-state index contributed by atoms with van der Waals surface area (Å²) in [7, 11) is 0. The molecule has 0 atom stereocenters. The predicted molar refractivity (Wildman–Crippen MR) is 84.9 cm³/mol. The van der Waals surface area contributed by atoms with E-state index in [0.29, 0.717) is 23.3 Å². The predicted octanol–water partition coefficient (Wildman–Crippen LogP) is 4.13. The average molecular weight is 322 g/mol. The quantitative estimate of drug-likeness (QED) is 0.786. The molecule has 0 fully saturated rings. The molecule has 0 aliphatic heterocycles. The van der Waals surface area contributed by atoms with Gasteiger partial charge in [-0.15, -0.1) is 12.4 Å². The van der Waals surface area contributed by atoms with Crippen LogP contribution in [0.4, 0.5) is 0 Å². The normalized spacial score (nSPS) is 9.95. The first-order chi connectivity index (χ1) is 9.81.